The molecule has 0 saturated heterocycles. The number of fused-ring (bicyclic) bond motifs is 1. The Balaban J connectivity index is 1.34. The van der Waals surface area contributed by atoms with Gasteiger partial charge < -0.3 is 9.73 Å². The molecule has 36 heavy (non-hydrogen) atoms. The highest BCUT2D eigenvalue weighted by Gasteiger charge is 2.52. The van der Waals surface area contributed by atoms with Crippen LogP contribution in [0, 0.1) is 5.82 Å². The molecule has 6 nitrogen and oxygen atoms in total. The van der Waals surface area contributed by atoms with Gasteiger partial charge in [0.2, 0.25) is 11.8 Å². The summed E-state index contributed by atoms with van der Waals surface area (Å²) in [5, 5.41) is 2.96. The van der Waals surface area contributed by atoms with E-state index in [9.17, 15) is 17.6 Å². The van der Waals surface area contributed by atoms with Gasteiger partial charge in [0.1, 0.15) is 22.0 Å². The summed E-state index contributed by atoms with van der Waals surface area (Å²) >= 11 is 13.3. The number of amides is 1. The lowest BCUT2D eigenvalue weighted by molar-refractivity contribution is -0.115. The summed E-state index contributed by atoms with van der Waals surface area (Å²) in [7, 11) is -2.56. The molecule has 5 rings (SSSR count). The van der Waals surface area contributed by atoms with E-state index in [-0.39, 0.29) is 12.3 Å². The standard InChI is InChI=1S/C26H21Cl2FN2O4S/c1-14(36(33)34)16-4-2-15(3-5-16)10-23(32)30-18-12-19(27)24(20(28)13-18)26(8-9-26)25-31-21-7-6-17(29)11-22(21)35-25/h2-7,11-14,36H,8-10H2,1H3,(H,30,32). The number of carbonyl (C=O) groups is 1. The maximum absolute atomic E-state index is 13.6. The van der Waals surface area contributed by atoms with Gasteiger partial charge in [-0.15, -0.1) is 0 Å². The SMILES string of the molecule is CC(c1ccc(CC(=O)Nc2cc(Cl)c(C3(c4nc5ccc(F)cc5o4)CC3)c(Cl)c2)cc1)[SH](=O)=O. The Hall–Kier alpha value is -2.94. The lowest BCUT2D eigenvalue weighted by Crippen LogP contribution is -2.16. The summed E-state index contributed by atoms with van der Waals surface area (Å²) in [6, 6.07) is 14.3. The van der Waals surface area contributed by atoms with Crippen molar-refractivity contribution in [2.45, 2.75) is 36.9 Å². The van der Waals surface area contributed by atoms with Crippen molar-refractivity contribution in [1.29, 1.82) is 0 Å². The van der Waals surface area contributed by atoms with E-state index in [1.54, 1.807) is 49.4 Å². The van der Waals surface area contributed by atoms with Gasteiger partial charge in [-0.05, 0) is 55.2 Å². The summed E-state index contributed by atoms with van der Waals surface area (Å²) in [6.07, 6.45) is 1.55. The molecule has 1 aliphatic carbocycles. The zero-order valence-corrected chi connectivity index (χ0v) is 21.5. The van der Waals surface area contributed by atoms with Crippen molar-refractivity contribution in [1.82, 2.24) is 4.98 Å². The predicted octanol–water partition coefficient (Wildman–Crippen LogP) is 6.21. The number of carbonyl (C=O) groups excluding carboxylic acids is 1. The molecule has 1 N–H and O–H groups in total. The van der Waals surface area contributed by atoms with Crippen LogP contribution in [0.1, 0.15) is 47.6 Å². The summed E-state index contributed by atoms with van der Waals surface area (Å²) in [5.41, 5.74) is 2.83. The van der Waals surface area contributed by atoms with Crippen molar-refractivity contribution >= 4 is 56.6 Å². The number of hydrogen-bond donors (Lipinski definition) is 2. The first-order chi connectivity index (χ1) is 17.2. The first kappa shape index (κ1) is 24.7. The fourth-order valence-corrected chi connectivity index (χ4v) is 5.59. The minimum absolute atomic E-state index is 0.0958. The highest BCUT2D eigenvalue weighted by molar-refractivity contribution is 7.72. The Morgan fingerprint density at radius 3 is 2.39 bits per heavy atom. The average molecular weight is 547 g/mol. The summed E-state index contributed by atoms with van der Waals surface area (Å²) in [5.74, 6) is -0.244. The third-order valence-electron chi connectivity index (χ3n) is 6.46. The summed E-state index contributed by atoms with van der Waals surface area (Å²) < 4.78 is 41.8. The third-order valence-corrected chi connectivity index (χ3v) is 7.98. The second-order valence-corrected chi connectivity index (χ2v) is 11.1. The molecule has 1 amide bonds. The first-order valence-electron chi connectivity index (χ1n) is 11.2. The number of halogens is 3. The van der Waals surface area contributed by atoms with Crippen LogP contribution in [0.3, 0.4) is 0 Å². The minimum Gasteiger partial charge on any atom is -0.440 e. The Bertz CT molecular complexity index is 1530. The van der Waals surface area contributed by atoms with Gasteiger partial charge in [-0.1, -0.05) is 47.5 Å². The molecule has 1 heterocycles. The van der Waals surface area contributed by atoms with Crippen LogP contribution < -0.4 is 5.32 Å². The van der Waals surface area contributed by atoms with Crippen molar-refractivity contribution in [3.63, 3.8) is 0 Å². The number of nitrogens with zero attached hydrogens (tertiary/aromatic N) is 1. The van der Waals surface area contributed by atoms with Crippen LogP contribution in [0.15, 0.2) is 59.0 Å². The van der Waals surface area contributed by atoms with E-state index in [1.165, 1.54) is 12.1 Å². The van der Waals surface area contributed by atoms with E-state index in [0.717, 1.165) is 18.4 Å². The number of thiol groups is 1. The van der Waals surface area contributed by atoms with Crippen molar-refractivity contribution in [2.24, 2.45) is 0 Å². The number of anilines is 1. The maximum atomic E-state index is 13.6. The second-order valence-electron chi connectivity index (χ2n) is 8.96. The number of oxazole rings is 1. The molecule has 4 aromatic rings. The lowest BCUT2D eigenvalue weighted by atomic mass is 9.95. The van der Waals surface area contributed by atoms with Gasteiger partial charge in [0.05, 0.1) is 17.1 Å². The summed E-state index contributed by atoms with van der Waals surface area (Å²) in [4.78, 5) is 17.2. The van der Waals surface area contributed by atoms with Gasteiger partial charge in [0.15, 0.2) is 5.58 Å². The zero-order valence-electron chi connectivity index (χ0n) is 19.1. The van der Waals surface area contributed by atoms with Crippen LogP contribution in [-0.2, 0) is 27.3 Å². The van der Waals surface area contributed by atoms with Crippen LogP contribution in [0.2, 0.25) is 10.0 Å². The molecule has 1 saturated carbocycles. The molecular weight excluding hydrogens is 526 g/mol. The van der Waals surface area contributed by atoms with Crippen molar-refractivity contribution in [2.75, 3.05) is 5.32 Å². The molecule has 10 heteroatoms. The van der Waals surface area contributed by atoms with Gasteiger partial charge in [-0.3, -0.25) is 4.79 Å². The van der Waals surface area contributed by atoms with Crippen molar-refractivity contribution < 1.29 is 22.0 Å². The molecule has 1 fully saturated rings. The molecule has 0 spiro atoms. The van der Waals surface area contributed by atoms with Crippen LogP contribution in [0.4, 0.5) is 10.1 Å². The highest BCUT2D eigenvalue weighted by Crippen LogP contribution is 2.57. The molecule has 1 aliphatic rings. The van der Waals surface area contributed by atoms with E-state index >= 15 is 0 Å². The second kappa shape index (κ2) is 9.50. The molecule has 186 valence electrons. The van der Waals surface area contributed by atoms with Crippen LogP contribution in [0.25, 0.3) is 11.1 Å². The van der Waals surface area contributed by atoms with E-state index in [2.05, 4.69) is 10.3 Å². The van der Waals surface area contributed by atoms with Crippen LogP contribution in [-0.4, -0.2) is 19.3 Å². The Kier molecular flexibility index (Phi) is 6.53. The van der Waals surface area contributed by atoms with Gasteiger partial charge in [0.25, 0.3) is 0 Å². The normalized spacial score (nSPS) is 15.2. The van der Waals surface area contributed by atoms with E-state index < -0.39 is 27.2 Å². The van der Waals surface area contributed by atoms with Gasteiger partial charge in [-0.2, -0.15) is 0 Å². The van der Waals surface area contributed by atoms with E-state index in [0.29, 0.717) is 43.9 Å². The largest absolute Gasteiger partial charge is 0.440 e. The monoisotopic (exact) mass is 546 g/mol. The predicted molar refractivity (Wildman–Crippen MR) is 138 cm³/mol. The fourth-order valence-electron chi connectivity index (χ4n) is 4.33. The van der Waals surface area contributed by atoms with Gasteiger partial charge in [-0.25, -0.2) is 17.8 Å². The molecular formula is C26H21Cl2FN2O4S. The number of nitrogens with one attached hydrogen (secondary N) is 1. The van der Waals surface area contributed by atoms with Gasteiger partial charge in [0, 0.05) is 27.4 Å². The van der Waals surface area contributed by atoms with Crippen molar-refractivity contribution in [3.8, 4) is 0 Å². The molecule has 0 aliphatic heterocycles. The number of aromatic nitrogens is 1. The van der Waals surface area contributed by atoms with Crippen LogP contribution >= 0.6 is 23.2 Å². The summed E-state index contributed by atoms with van der Waals surface area (Å²) in [6.45, 7) is 1.61. The molecule has 0 bridgehead atoms. The fraction of sp³-hybridized carbons (Fsp3) is 0.231. The first-order valence-corrected chi connectivity index (χ1v) is 13.2. The van der Waals surface area contributed by atoms with Crippen molar-refractivity contribution in [3.05, 3.63) is 93.0 Å². The molecule has 1 atom stereocenters. The smallest absolute Gasteiger partial charge is 0.228 e. The number of benzene rings is 3. The third kappa shape index (κ3) is 4.73. The maximum Gasteiger partial charge on any atom is 0.228 e. The highest BCUT2D eigenvalue weighted by atomic mass is 35.5. The Labute approximate surface area is 218 Å². The Morgan fingerprint density at radius 1 is 1.11 bits per heavy atom. The molecule has 0 radical (unpaired) electrons. The number of rotatable bonds is 7. The average Bonchev–Trinajstić information content (AvgIpc) is 3.49. The van der Waals surface area contributed by atoms with E-state index in [4.69, 9.17) is 27.6 Å². The lowest BCUT2D eigenvalue weighted by Gasteiger charge is -2.17. The Morgan fingerprint density at radius 2 is 1.78 bits per heavy atom. The molecule has 1 unspecified atom stereocenters. The molecule has 3 aromatic carbocycles. The van der Waals surface area contributed by atoms with Gasteiger partial charge >= 0.3 is 0 Å². The quantitative estimate of drug-likeness (QED) is 0.269. The molecule has 1 aromatic heterocycles. The minimum atomic E-state index is -2.56. The topological polar surface area (TPSA) is 89.3 Å². The zero-order chi connectivity index (χ0) is 25.6. The number of hydrogen-bond acceptors (Lipinski definition) is 5. The van der Waals surface area contributed by atoms with E-state index in [1.807, 2.05) is 0 Å². The van der Waals surface area contributed by atoms with Crippen LogP contribution in [0.5, 0.6) is 0 Å².